The van der Waals surface area contributed by atoms with Crippen LogP contribution in [0.5, 0.6) is 0 Å². The van der Waals surface area contributed by atoms with Crippen LogP contribution in [-0.2, 0) is 10.8 Å². The van der Waals surface area contributed by atoms with Crippen LogP contribution in [0.3, 0.4) is 0 Å². The van der Waals surface area contributed by atoms with E-state index < -0.39 is 10.8 Å². The molecule has 2 rings (SSSR count). The Morgan fingerprint density at radius 3 is 2.85 bits per heavy atom. The van der Waals surface area contributed by atoms with E-state index in [9.17, 15) is 4.21 Å². The van der Waals surface area contributed by atoms with Crippen molar-refractivity contribution in [1.82, 2.24) is 15.3 Å². The van der Waals surface area contributed by atoms with Crippen molar-refractivity contribution in [3.63, 3.8) is 0 Å². The molecule has 1 saturated heterocycles. The summed E-state index contributed by atoms with van der Waals surface area (Å²) in [4.78, 5) is 7.97. The van der Waals surface area contributed by atoms with Crippen molar-refractivity contribution in [1.29, 1.82) is 0 Å². The SMILES string of the molecule is O=S(c1ncccn1)[C@@H]1CCNC1. The molecule has 0 amide bonds. The average Bonchev–Trinajstić information content (AvgIpc) is 2.71. The second kappa shape index (κ2) is 3.93. The average molecular weight is 197 g/mol. The Morgan fingerprint density at radius 2 is 2.23 bits per heavy atom. The lowest BCUT2D eigenvalue weighted by molar-refractivity contribution is 0.664. The molecule has 1 fully saturated rings. The van der Waals surface area contributed by atoms with Gasteiger partial charge in [0.2, 0.25) is 5.16 Å². The minimum absolute atomic E-state index is 0.183. The fourth-order valence-corrected chi connectivity index (χ4v) is 2.58. The van der Waals surface area contributed by atoms with Crippen LogP contribution in [0.4, 0.5) is 0 Å². The molecule has 1 aromatic heterocycles. The first-order chi connectivity index (χ1) is 6.38. The third-order valence-corrected chi connectivity index (χ3v) is 3.62. The summed E-state index contributed by atoms with van der Waals surface area (Å²) in [7, 11) is -1.04. The van der Waals surface area contributed by atoms with Crippen molar-refractivity contribution < 1.29 is 4.21 Å². The minimum atomic E-state index is -1.04. The zero-order valence-electron chi connectivity index (χ0n) is 7.14. The second-order valence-corrected chi connectivity index (χ2v) is 4.57. The van der Waals surface area contributed by atoms with Crippen LogP contribution in [0, 0.1) is 0 Å². The highest BCUT2D eigenvalue weighted by Gasteiger charge is 2.23. The van der Waals surface area contributed by atoms with Gasteiger partial charge in [0.05, 0.1) is 16.0 Å². The topological polar surface area (TPSA) is 54.9 Å². The highest BCUT2D eigenvalue weighted by molar-refractivity contribution is 7.85. The number of aromatic nitrogens is 2. The number of hydrogen-bond donors (Lipinski definition) is 1. The van der Waals surface area contributed by atoms with Crippen molar-refractivity contribution in [3.05, 3.63) is 18.5 Å². The van der Waals surface area contributed by atoms with Crippen LogP contribution < -0.4 is 5.32 Å². The van der Waals surface area contributed by atoms with Gasteiger partial charge in [-0.1, -0.05) is 0 Å². The first-order valence-corrected chi connectivity index (χ1v) is 5.47. The Balaban J connectivity index is 2.13. The van der Waals surface area contributed by atoms with E-state index in [1.165, 1.54) is 0 Å². The lowest BCUT2D eigenvalue weighted by Gasteiger charge is -2.05. The van der Waals surface area contributed by atoms with Crippen LogP contribution in [0.2, 0.25) is 0 Å². The molecule has 0 saturated carbocycles. The predicted molar refractivity (Wildman–Crippen MR) is 49.7 cm³/mol. The van der Waals surface area contributed by atoms with Crippen LogP contribution in [0.25, 0.3) is 0 Å². The van der Waals surface area contributed by atoms with Gasteiger partial charge in [0.15, 0.2) is 0 Å². The Kier molecular flexibility index (Phi) is 2.65. The maximum atomic E-state index is 11.8. The van der Waals surface area contributed by atoms with Gasteiger partial charge in [0.25, 0.3) is 0 Å². The fourth-order valence-electron chi connectivity index (χ4n) is 1.35. The molecule has 13 heavy (non-hydrogen) atoms. The fraction of sp³-hybridized carbons (Fsp3) is 0.500. The lowest BCUT2D eigenvalue weighted by Crippen LogP contribution is -2.20. The van der Waals surface area contributed by atoms with E-state index >= 15 is 0 Å². The van der Waals surface area contributed by atoms with Crippen LogP contribution in [0.1, 0.15) is 6.42 Å². The van der Waals surface area contributed by atoms with Crippen molar-refractivity contribution in [2.24, 2.45) is 0 Å². The van der Waals surface area contributed by atoms with Gasteiger partial charge < -0.3 is 5.32 Å². The maximum absolute atomic E-state index is 11.8. The Bertz CT molecular complexity index is 298. The third kappa shape index (κ3) is 1.92. The molecule has 0 aliphatic carbocycles. The Hall–Kier alpha value is -0.810. The third-order valence-electron chi connectivity index (χ3n) is 2.04. The van der Waals surface area contributed by atoms with Crippen LogP contribution >= 0.6 is 0 Å². The lowest BCUT2D eigenvalue weighted by atomic mass is 10.4. The molecule has 0 aromatic carbocycles. The van der Waals surface area contributed by atoms with E-state index in [1.807, 2.05) is 0 Å². The van der Waals surface area contributed by atoms with E-state index in [0.29, 0.717) is 5.16 Å². The van der Waals surface area contributed by atoms with Gasteiger partial charge in [-0.25, -0.2) is 9.97 Å². The number of rotatable bonds is 2. The van der Waals surface area contributed by atoms with E-state index in [4.69, 9.17) is 0 Å². The van der Waals surface area contributed by atoms with Gasteiger partial charge in [-0.15, -0.1) is 0 Å². The van der Waals surface area contributed by atoms with E-state index in [-0.39, 0.29) is 5.25 Å². The monoisotopic (exact) mass is 197 g/mol. The summed E-state index contributed by atoms with van der Waals surface area (Å²) in [6.45, 7) is 1.76. The summed E-state index contributed by atoms with van der Waals surface area (Å²) in [6, 6.07) is 1.73. The number of hydrogen-bond acceptors (Lipinski definition) is 4. The summed E-state index contributed by atoms with van der Waals surface area (Å²) in [5.74, 6) is 0. The first kappa shape index (κ1) is 8.77. The van der Waals surface area contributed by atoms with Crippen molar-refractivity contribution in [3.8, 4) is 0 Å². The molecule has 1 aliphatic heterocycles. The Morgan fingerprint density at radius 1 is 1.46 bits per heavy atom. The smallest absolute Gasteiger partial charge is 0.218 e. The van der Waals surface area contributed by atoms with Crippen molar-refractivity contribution in [2.75, 3.05) is 13.1 Å². The molecule has 0 bridgehead atoms. The summed E-state index contributed by atoms with van der Waals surface area (Å²) >= 11 is 0. The molecule has 5 heteroatoms. The molecule has 1 unspecified atom stereocenters. The van der Waals surface area contributed by atoms with Gasteiger partial charge in [0.1, 0.15) is 0 Å². The zero-order valence-corrected chi connectivity index (χ0v) is 7.96. The highest BCUT2D eigenvalue weighted by atomic mass is 32.2. The minimum Gasteiger partial charge on any atom is -0.315 e. The summed E-state index contributed by atoms with van der Waals surface area (Å²) in [5, 5.41) is 3.81. The molecule has 0 radical (unpaired) electrons. The van der Waals surface area contributed by atoms with Gasteiger partial charge in [-0.3, -0.25) is 4.21 Å². The largest absolute Gasteiger partial charge is 0.315 e. The maximum Gasteiger partial charge on any atom is 0.218 e. The molecule has 1 aliphatic rings. The molecular formula is C8H11N3OS. The Labute approximate surface area is 79.2 Å². The summed E-state index contributed by atoms with van der Waals surface area (Å²) in [5.41, 5.74) is 0. The van der Waals surface area contributed by atoms with Crippen molar-refractivity contribution in [2.45, 2.75) is 16.8 Å². The highest BCUT2D eigenvalue weighted by Crippen LogP contribution is 2.11. The standard InChI is InChI=1S/C8H11N3OS/c12-13(7-2-5-9-6-7)8-10-3-1-4-11-8/h1,3-4,7,9H,2,5-6H2/t7-,13?/m1/s1. The molecule has 2 heterocycles. The summed E-state index contributed by atoms with van der Waals surface area (Å²) < 4.78 is 11.8. The predicted octanol–water partition coefficient (Wildman–Crippen LogP) is -0.0539. The number of nitrogens with zero attached hydrogens (tertiary/aromatic N) is 2. The molecule has 1 aromatic rings. The van der Waals surface area contributed by atoms with Crippen molar-refractivity contribution >= 4 is 10.8 Å². The molecule has 4 nitrogen and oxygen atoms in total. The van der Waals surface area contributed by atoms with Crippen LogP contribution in [0.15, 0.2) is 23.6 Å². The van der Waals surface area contributed by atoms with Gasteiger partial charge in [0, 0.05) is 18.9 Å². The molecule has 2 atom stereocenters. The van der Waals surface area contributed by atoms with E-state index in [2.05, 4.69) is 15.3 Å². The molecular weight excluding hydrogens is 186 g/mol. The first-order valence-electron chi connectivity index (χ1n) is 4.26. The van der Waals surface area contributed by atoms with E-state index in [0.717, 1.165) is 19.5 Å². The second-order valence-electron chi connectivity index (χ2n) is 2.94. The van der Waals surface area contributed by atoms with E-state index in [1.54, 1.807) is 18.5 Å². The quantitative estimate of drug-likeness (QED) is 0.675. The molecule has 70 valence electrons. The van der Waals surface area contributed by atoms with Gasteiger partial charge in [-0.2, -0.15) is 0 Å². The summed E-state index contributed by atoms with van der Waals surface area (Å²) in [6.07, 6.45) is 4.20. The van der Waals surface area contributed by atoms with Crippen LogP contribution in [-0.4, -0.2) is 32.5 Å². The molecule has 1 N–H and O–H groups in total. The zero-order chi connectivity index (χ0) is 9.10. The number of nitrogens with one attached hydrogen (secondary N) is 1. The normalized spacial score (nSPS) is 24.5. The van der Waals surface area contributed by atoms with Gasteiger partial charge >= 0.3 is 0 Å². The molecule has 0 spiro atoms. The van der Waals surface area contributed by atoms with Gasteiger partial charge in [-0.05, 0) is 19.0 Å².